The SMILES string of the molecule is O=C(C[S+]1CCOCC1)c1ccc2oc3ccccc3c2c1. The minimum Gasteiger partial charge on any atom is -0.456 e. The van der Waals surface area contributed by atoms with E-state index in [-0.39, 0.29) is 16.7 Å². The van der Waals surface area contributed by atoms with Gasteiger partial charge in [-0.15, -0.1) is 0 Å². The lowest BCUT2D eigenvalue weighted by Gasteiger charge is -2.13. The van der Waals surface area contributed by atoms with Crippen molar-refractivity contribution in [3.8, 4) is 0 Å². The summed E-state index contributed by atoms with van der Waals surface area (Å²) in [4.78, 5) is 12.6. The summed E-state index contributed by atoms with van der Waals surface area (Å²) < 4.78 is 11.2. The lowest BCUT2D eigenvalue weighted by atomic mass is 10.1. The molecule has 2 aromatic carbocycles. The summed E-state index contributed by atoms with van der Waals surface area (Å²) in [7, 11) is 0.176. The number of Topliss-reactive ketones (excluding diaryl/α,β-unsaturated/α-hetero) is 1. The second-order valence-corrected chi connectivity index (χ2v) is 7.84. The van der Waals surface area contributed by atoms with Gasteiger partial charge in [0.1, 0.15) is 22.7 Å². The Balaban J connectivity index is 1.66. The lowest BCUT2D eigenvalue weighted by molar-refractivity contribution is 0.102. The van der Waals surface area contributed by atoms with Gasteiger partial charge in [0.05, 0.1) is 13.2 Å². The quantitative estimate of drug-likeness (QED) is 0.549. The van der Waals surface area contributed by atoms with Gasteiger partial charge in [0, 0.05) is 27.2 Å². The molecule has 3 aromatic rings. The van der Waals surface area contributed by atoms with E-state index in [0.717, 1.165) is 52.2 Å². The summed E-state index contributed by atoms with van der Waals surface area (Å²) in [5.41, 5.74) is 2.50. The molecular formula is C18H17O3S+. The fourth-order valence-corrected chi connectivity index (χ4v) is 4.61. The van der Waals surface area contributed by atoms with E-state index in [2.05, 4.69) is 0 Å². The standard InChI is InChI=1S/C18H17O3S/c19-16(12-22-9-7-20-8-10-22)13-5-6-18-15(11-13)14-3-1-2-4-17(14)21-18/h1-6,11H,7-10,12H2/q+1. The van der Waals surface area contributed by atoms with Crippen molar-refractivity contribution in [2.24, 2.45) is 0 Å². The minimum absolute atomic E-state index is 0.176. The second kappa shape index (κ2) is 5.78. The molecule has 0 bridgehead atoms. The van der Waals surface area contributed by atoms with Gasteiger partial charge in [0.25, 0.3) is 0 Å². The predicted molar refractivity (Wildman–Crippen MR) is 90.8 cm³/mol. The Hall–Kier alpha value is -1.78. The Kier molecular flexibility index (Phi) is 3.64. The van der Waals surface area contributed by atoms with Gasteiger partial charge in [0.2, 0.25) is 5.78 Å². The molecular weight excluding hydrogens is 296 g/mol. The van der Waals surface area contributed by atoms with Gasteiger partial charge >= 0.3 is 0 Å². The Bertz CT molecular complexity index is 831. The highest BCUT2D eigenvalue weighted by atomic mass is 32.2. The van der Waals surface area contributed by atoms with E-state index < -0.39 is 0 Å². The van der Waals surface area contributed by atoms with E-state index in [0.29, 0.717) is 5.75 Å². The molecule has 4 heteroatoms. The topological polar surface area (TPSA) is 39.4 Å². The number of fused-ring (bicyclic) bond motifs is 3. The first-order valence-electron chi connectivity index (χ1n) is 7.47. The summed E-state index contributed by atoms with van der Waals surface area (Å²) in [6.07, 6.45) is 0. The third kappa shape index (κ3) is 2.53. The molecule has 1 fully saturated rings. The fraction of sp³-hybridized carbons (Fsp3) is 0.278. The summed E-state index contributed by atoms with van der Waals surface area (Å²) in [5.74, 6) is 2.91. The van der Waals surface area contributed by atoms with Crippen molar-refractivity contribution in [1.82, 2.24) is 0 Å². The number of benzene rings is 2. The molecule has 1 saturated heterocycles. The van der Waals surface area contributed by atoms with Crippen molar-refractivity contribution >= 4 is 38.6 Å². The maximum atomic E-state index is 12.6. The molecule has 3 nitrogen and oxygen atoms in total. The van der Waals surface area contributed by atoms with Crippen molar-refractivity contribution in [3.63, 3.8) is 0 Å². The van der Waals surface area contributed by atoms with Crippen LogP contribution in [0.2, 0.25) is 0 Å². The third-order valence-electron chi connectivity index (χ3n) is 4.07. The summed E-state index contributed by atoms with van der Waals surface area (Å²) >= 11 is 0. The van der Waals surface area contributed by atoms with E-state index in [9.17, 15) is 4.79 Å². The maximum absolute atomic E-state index is 12.6. The van der Waals surface area contributed by atoms with Crippen LogP contribution in [-0.4, -0.2) is 36.3 Å². The average Bonchev–Trinajstić information content (AvgIpc) is 2.93. The molecule has 0 radical (unpaired) electrons. The Morgan fingerprint density at radius 3 is 2.64 bits per heavy atom. The first-order valence-corrected chi connectivity index (χ1v) is 9.21. The van der Waals surface area contributed by atoms with Crippen LogP contribution >= 0.6 is 0 Å². The Labute approximate surface area is 131 Å². The first-order chi connectivity index (χ1) is 10.8. The molecule has 0 aliphatic carbocycles. The third-order valence-corrected chi connectivity index (χ3v) is 6.23. The monoisotopic (exact) mass is 313 g/mol. The molecule has 0 spiro atoms. The molecule has 112 valence electrons. The van der Waals surface area contributed by atoms with Gasteiger partial charge < -0.3 is 9.15 Å². The molecule has 0 atom stereocenters. The molecule has 1 aromatic heterocycles. The van der Waals surface area contributed by atoms with Crippen molar-refractivity contribution in [2.75, 3.05) is 30.5 Å². The molecule has 0 unspecified atom stereocenters. The lowest BCUT2D eigenvalue weighted by Crippen LogP contribution is -2.31. The Morgan fingerprint density at radius 1 is 1.00 bits per heavy atom. The number of carbonyl (C=O) groups is 1. The summed E-state index contributed by atoms with van der Waals surface area (Å²) in [6, 6.07) is 13.7. The molecule has 4 rings (SSSR count). The number of para-hydroxylation sites is 1. The van der Waals surface area contributed by atoms with Gasteiger partial charge in [-0.2, -0.15) is 0 Å². The van der Waals surface area contributed by atoms with E-state index in [1.807, 2.05) is 42.5 Å². The van der Waals surface area contributed by atoms with Crippen molar-refractivity contribution in [1.29, 1.82) is 0 Å². The zero-order chi connectivity index (χ0) is 14.9. The van der Waals surface area contributed by atoms with E-state index >= 15 is 0 Å². The normalized spacial score (nSPS) is 16.4. The number of ether oxygens (including phenoxy) is 1. The van der Waals surface area contributed by atoms with E-state index in [1.54, 1.807) is 0 Å². The van der Waals surface area contributed by atoms with Crippen LogP contribution in [0.15, 0.2) is 46.9 Å². The van der Waals surface area contributed by atoms with Gasteiger partial charge in [0.15, 0.2) is 5.75 Å². The Morgan fingerprint density at radius 2 is 1.77 bits per heavy atom. The van der Waals surface area contributed by atoms with Crippen LogP contribution in [0, 0.1) is 0 Å². The minimum atomic E-state index is 0.176. The van der Waals surface area contributed by atoms with Crippen LogP contribution in [-0.2, 0) is 15.6 Å². The number of hydrogen-bond acceptors (Lipinski definition) is 3. The van der Waals surface area contributed by atoms with Gasteiger partial charge in [-0.3, -0.25) is 4.79 Å². The van der Waals surface area contributed by atoms with Crippen LogP contribution in [0.3, 0.4) is 0 Å². The average molecular weight is 313 g/mol. The van der Waals surface area contributed by atoms with E-state index in [1.165, 1.54) is 0 Å². The highest BCUT2D eigenvalue weighted by Crippen LogP contribution is 2.29. The molecule has 1 aliphatic rings. The summed E-state index contributed by atoms with van der Waals surface area (Å²) in [5, 5.41) is 2.09. The van der Waals surface area contributed by atoms with Crippen molar-refractivity contribution < 1.29 is 13.9 Å². The largest absolute Gasteiger partial charge is 0.456 e. The van der Waals surface area contributed by atoms with Crippen molar-refractivity contribution in [3.05, 3.63) is 48.0 Å². The van der Waals surface area contributed by atoms with E-state index in [4.69, 9.17) is 9.15 Å². The highest BCUT2D eigenvalue weighted by molar-refractivity contribution is 7.97. The fourth-order valence-electron chi connectivity index (χ4n) is 2.87. The number of ketones is 1. The summed E-state index contributed by atoms with van der Waals surface area (Å²) in [6.45, 7) is 1.59. The van der Waals surface area contributed by atoms with Gasteiger partial charge in [-0.05, 0) is 24.3 Å². The molecule has 0 amide bonds. The van der Waals surface area contributed by atoms with Crippen LogP contribution < -0.4 is 0 Å². The van der Waals surface area contributed by atoms with Crippen LogP contribution in [0.1, 0.15) is 10.4 Å². The molecule has 0 saturated carbocycles. The molecule has 0 N–H and O–H groups in total. The molecule has 2 heterocycles. The van der Waals surface area contributed by atoms with Gasteiger partial charge in [-0.25, -0.2) is 0 Å². The molecule has 1 aliphatic heterocycles. The maximum Gasteiger partial charge on any atom is 0.211 e. The van der Waals surface area contributed by atoms with Crippen LogP contribution in [0.5, 0.6) is 0 Å². The zero-order valence-corrected chi connectivity index (χ0v) is 13.0. The molecule has 22 heavy (non-hydrogen) atoms. The van der Waals surface area contributed by atoms with Crippen LogP contribution in [0.25, 0.3) is 21.9 Å². The zero-order valence-electron chi connectivity index (χ0n) is 12.2. The first kappa shape index (κ1) is 13.9. The number of rotatable bonds is 3. The predicted octanol–water partition coefficient (Wildman–Crippen LogP) is 3.42. The highest BCUT2D eigenvalue weighted by Gasteiger charge is 2.26. The smallest absolute Gasteiger partial charge is 0.211 e. The second-order valence-electron chi connectivity index (χ2n) is 5.51. The van der Waals surface area contributed by atoms with Crippen molar-refractivity contribution in [2.45, 2.75) is 0 Å². The van der Waals surface area contributed by atoms with Crippen LogP contribution in [0.4, 0.5) is 0 Å². The number of hydrogen-bond donors (Lipinski definition) is 0. The number of furan rings is 1. The number of carbonyl (C=O) groups excluding carboxylic acids is 1. The van der Waals surface area contributed by atoms with Gasteiger partial charge in [-0.1, -0.05) is 18.2 Å².